The lowest BCUT2D eigenvalue weighted by Crippen LogP contribution is -2.15. The van der Waals surface area contributed by atoms with Crippen LogP contribution in [0.1, 0.15) is 64.5 Å². The Bertz CT molecular complexity index is 494. The molecule has 110 valence electrons. The lowest BCUT2D eigenvalue weighted by atomic mass is 9.92. The van der Waals surface area contributed by atoms with E-state index in [0.29, 0.717) is 6.04 Å². The predicted octanol–water partition coefficient (Wildman–Crippen LogP) is 5.80. The van der Waals surface area contributed by atoms with Gasteiger partial charge in [-0.2, -0.15) is 0 Å². The first kappa shape index (κ1) is 15.2. The standard InChI is InChI=1S/C19H29N/c1-6-14(4)19(16-9-10-16)17-12-13(3)8-11-18(17)20-15(5)7-2/h8,11-12,15-16,20H,6-7,9-10H2,1-5H3/b19-14-/t15-/m0/s1. The highest BCUT2D eigenvalue weighted by Gasteiger charge is 2.29. The summed E-state index contributed by atoms with van der Waals surface area (Å²) in [4.78, 5) is 0. The second kappa shape index (κ2) is 6.47. The van der Waals surface area contributed by atoms with Gasteiger partial charge in [0.25, 0.3) is 0 Å². The van der Waals surface area contributed by atoms with Crippen molar-refractivity contribution in [1.29, 1.82) is 0 Å². The molecule has 0 radical (unpaired) electrons. The maximum Gasteiger partial charge on any atom is 0.0418 e. The van der Waals surface area contributed by atoms with Gasteiger partial charge in [-0.1, -0.05) is 31.1 Å². The second-order valence-electron chi connectivity index (χ2n) is 6.32. The summed E-state index contributed by atoms with van der Waals surface area (Å²) in [5, 5.41) is 3.70. The molecule has 1 saturated carbocycles. The van der Waals surface area contributed by atoms with Crippen LogP contribution in [-0.4, -0.2) is 6.04 Å². The molecular formula is C19H29N. The second-order valence-corrected chi connectivity index (χ2v) is 6.32. The van der Waals surface area contributed by atoms with Gasteiger partial charge < -0.3 is 5.32 Å². The molecule has 0 saturated heterocycles. The summed E-state index contributed by atoms with van der Waals surface area (Å²) in [5.41, 5.74) is 7.30. The third kappa shape index (κ3) is 3.45. The third-order valence-corrected chi connectivity index (χ3v) is 4.46. The lowest BCUT2D eigenvalue weighted by Gasteiger charge is -2.20. The Morgan fingerprint density at radius 1 is 1.30 bits per heavy atom. The van der Waals surface area contributed by atoms with Crippen molar-refractivity contribution in [3.8, 4) is 0 Å². The summed E-state index contributed by atoms with van der Waals surface area (Å²) in [7, 11) is 0. The van der Waals surface area contributed by atoms with Crippen LogP contribution in [0.4, 0.5) is 5.69 Å². The number of rotatable bonds is 6. The van der Waals surface area contributed by atoms with Crippen molar-refractivity contribution in [2.75, 3.05) is 5.32 Å². The Hall–Kier alpha value is -1.24. The molecule has 0 bridgehead atoms. The van der Waals surface area contributed by atoms with Gasteiger partial charge in [0, 0.05) is 17.3 Å². The molecule has 0 amide bonds. The fourth-order valence-corrected chi connectivity index (χ4v) is 2.74. The number of nitrogens with one attached hydrogen (secondary N) is 1. The summed E-state index contributed by atoms with van der Waals surface area (Å²) < 4.78 is 0. The largest absolute Gasteiger partial charge is 0.382 e. The minimum Gasteiger partial charge on any atom is -0.382 e. The molecule has 1 aliphatic rings. The van der Waals surface area contributed by atoms with Crippen LogP contribution >= 0.6 is 0 Å². The molecule has 1 fully saturated rings. The molecule has 1 aromatic rings. The summed E-state index contributed by atoms with van der Waals surface area (Å²) in [5.74, 6) is 0.800. The third-order valence-electron chi connectivity index (χ3n) is 4.46. The van der Waals surface area contributed by atoms with Crippen LogP contribution in [0.2, 0.25) is 0 Å². The van der Waals surface area contributed by atoms with E-state index in [1.807, 2.05) is 0 Å². The van der Waals surface area contributed by atoms with Crippen molar-refractivity contribution >= 4 is 11.3 Å². The first-order chi connectivity index (χ1) is 9.56. The van der Waals surface area contributed by atoms with Crippen LogP contribution in [0, 0.1) is 12.8 Å². The van der Waals surface area contributed by atoms with Gasteiger partial charge >= 0.3 is 0 Å². The average Bonchev–Trinajstić information content (AvgIpc) is 3.26. The van der Waals surface area contributed by atoms with E-state index >= 15 is 0 Å². The van der Waals surface area contributed by atoms with Crippen LogP contribution in [0.3, 0.4) is 0 Å². The quantitative estimate of drug-likeness (QED) is 0.689. The van der Waals surface area contributed by atoms with E-state index in [4.69, 9.17) is 0 Å². The number of benzene rings is 1. The first-order valence-electron chi connectivity index (χ1n) is 8.14. The highest BCUT2D eigenvalue weighted by molar-refractivity contribution is 5.81. The normalized spacial score (nSPS) is 17.6. The van der Waals surface area contributed by atoms with E-state index in [2.05, 4.69) is 58.1 Å². The van der Waals surface area contributed by atoms with Crippen LogP contribution < -0.4 is 5.32 Å². The number of hydrogen-bond acceptors (Lipinski definition) is 1. The van der Waals surface area contributed by atoms with Gasteiger partial charge in [-0.25, -0.2) is 0 Å². The van der Waals surface area contributed by atoms with Crippen molar-refractivity contribution in [1.82, 2.24) is 0 Å². The smallest absolute Gasteiger partial charge is 0.0418 e. The van der Waals surface area contributed by atoms with E-state index in [1.54, 1.807) is 11.1 Å². The molecule has 0 spiro atoms. The first-order valence-corrected chi connectivity index (χ1v) is 8.14. The van der Waals surface area contributed by atoms with E-state index in [1.165, 1.54) is 29.7 Å². The number of aryl methyl sites for hydroxylation is 1. The molecular weight excluding hydrogens is 242 g/mol. The van der Waals surface area contributed by atoms with Crippen molar-refractivity contribution in [3.05, 3.63) is 34.9 Å². The molecule has 0 unspecified atom stereocenters. The molecule has 0 aliphatic heterocycles. The van der Waals surface area contributed by atoms with Gasteiger partial charge in [0.15, 0.2) is 0 Å². The van der Waals surface area contributed by atoms with Crippen LogP contribution in [-0.2, 0) is 0 Å². The average molecular weight is 271 g/mol. The Morgan fingerprint density at radius 3 is 2.55 bits per heavy atom. The van der Waals surface area contributed by atoms with Gasteiger partial charge in [0.05, 0.1) is 0 Å². The molecule has 1 atom stereocenters. The van der Waals surface area contributed by atoms with Crippen LogP contribution in [0.5, 0.6) is 0 Å². The number of hydrogen-bond donors (Lipinski definition) is 1. The molecule has 2 rings (SSSR count). The zero-order chi connectivity index (χ0) is 14.7. The Morgan fingerprint density at radius 2 is 2.00 bits per heavy atom. The summed E-state index contributed by atoms with van der Waals surface area (Å²) in [6.07, 6.45) is 5.04. The van der Waals surface area contributed by atoms with Crippen molar-refractivity contribution < 1.29 is 0 Å². The molecule has 1 aliphatic carbocycles. The fourth-order valence-electron chi connectivity index (χ4n) is 2.74. The van der Waals surface area contributed by atoms with Crippen molar-refractivity contribution in [2.45, 2.75) is 66.3 Å². The molecule has 1 aromatic carbocycles. The SMILES string of the molecule is CC/C(C)=C(\c1cc(C)ccc1N[C@@H](C)CC)C1CC1. The zero-order valence-electron chi connectivity index (χ0n) is 13.7. The maximum absolute atomic E-state index is 3.70. The van der Waals surface area contributed by atoms with E-state index < -0.39 is 0 Å². The van der Waals surface area contributed by atoms with E-state index in [0.717, 1.165) is 18.8 Å². The highest BCUT2D eigenvalue weighted by atomic mass is 14.9. The topological polar surface area (TPSA) is 12.0 Å². The Kier molecular flexibility index (Phi) is 4.91. The Balaban J connectivity index is 2.44. The molecule has 20 heavy (non-hydrogen) atoms. The van der Waals surface area contributed by atoms with Crippen molar-refractivity contribution in [3.63, 3.8) is 0 Å². The molecule has 1 nitrogen and oxygen atoms in total. The maximum atomic E-state index is 3.70. The summed E-state index contributed by atoms with van der Waals surface area (Å²) in [6, 6.07) is 7.39. The minimum absolute atomic E-state index is 0.527. The molecule has 0 heterocycles. The predicted molar refractivity (Wildman–Crippen MR) is 90.2 cm³/mol. The lowest BCUT2D eigenvalue weighted by molar-refractivity contribution is 0.763. The fraction of sp³-hybridized carbons (Fsp3) is 0.579. The zero-order valence-corrected chi connectivity index (χ0v) is 13.7. The van der Waals surface area contributed by atoms with Gasteiger partial charge in [0.1, 0.15) is 0 Å². The van der Waals surface area contributed by atoms with Gasteiger partial charge in [-0.05, 0) is 70.1 Å². The van der Waals surface area contributed by atoms with E-state index in [-0.39, 0.29) is 0 Å². The minimum atomic E-state index is 0.527. The van der Waals surface area contributed by atoms with Gasteiger partial charge in [-0.3, -0.25) is 0 Å². The van der Waals surface area contributed by atoms with Crippen molar-refractivity contribution in [2.24, 2.45) is 5.92 Å². The summed E-state index contributed by atoms with van der Waals surface area (Å²) in [6.45, 7) is 11.3. The van der Waals surface area contributed by atoms with Crippen LogP contribution in [0.15, 0.2) is 23.8 Å². The van der Waals surface area contributed by atoms with Gasteiger partial charge in [-0.15, -0.1) is 0 Å². The van der Waals surface area contributed by atoms with E-state index in [9.17, 15) is 0 Å². The molecule has 1 heteroatoms. The summed E-state index contributed by atoms with van der Waals surface area (Å²) >= 11 is 0. The monoisotopic (exact) mass is 271 g/mol. The molecule has 1 N–H and O–H groups in total. The number of allylic oxidation sites excluding steroid dienone is 2. The Labute approximate surface area is 124 Å². The molecule has 0 aromatic heterocycles. The number of anilines is 1. The van der Waals surface area contributed by atoms with Crippen LogP contribution in [0.25, 0.3) is 5.57 Å². The highest BCUT2D eigenvalue weighted by Crippen LogP contribution is 2.46. The van der Waals surface area contributed by atoms with Gasteiger partial charge in [0.2, 0.25) is 0 Å².